The average Bonchev–Trinajstić information content (AvgIpc) is 2.46. The lowest BCUT2D eigenvalue weighted by Gasteiger charge is -2.06. The summed E-state index contributed by atoms with van der Waals surface area (Å²) >= 11 is 1.68. The predicted octanol–water partition coefficient (Wildman–Crippen LogP) is 3.56. The van der Waals surface area contributed by atoms with Gasteiger partial charge in [0.05, 0.1) is 0 Å². The van der Waals surface area contributed by atoms with Crippen LogP contribution >= 0.6 is 11.8 Å². The molecule has 20 heavy (non-hydrogen) atoms. The van der Waals surface area contributed by atoms with E-state index in [1.807, 2.05) is 54.8 Å². The number of aryl methyl sites for hydroxylation is 1. The molecular formula is C16H18N2OS. The lowest BCUT2D eigenvalue weighted by Crippen LogP contribution is -2.12. The Labute approximate surface area is 123 Å². The van der Waals surface area contributed by atoms with E-state index in [0.29, 0.717) is 12.8 Å². The van der Waals surface area contributed by atoms with Crippen molar-refractivity contribution in [2.45, 2.75) is 17.7 Å². The molecule has 0 saturated heterocycles. The maximum Gasteiger partial charge on any atom is 0.224 e. The third-order valence-electron chi connectivity index (χ3n) is 2.97. The average molecular weight is 286 g/mol. The molecule has 0 bridgehead atoms. The molecule has 0 unspecified atom stereocenters. The monoisotopic (exact) mass is 286 g/mol. The second-order valence-electron chi connectivity index (χ2n) is 4.52. The predicted molar refractivity (Wildman–Crippen MR) is 86.0 cm³/mol. The quantitative estimate of drug-likeness (QED) is 0.652. The maximum absolute atomic E-state index is 11.9. The van der Waals surface area contributed by atoms with Gasteiger partial charge in [0, 0.05) is 22.7 Å². The van der Waals surface area contributed by atoms with Crippen molar-refractivity contribution < 1.29 is 4.79 Å². The number of amides is 1. The number of nitrogen functional groups attached to an aromatic ring is 1. The molecule has 3 N–H and O–H groups in total. The Morgan fingerprint density at radius 2 is 1.95 bits per heavy atom. The first-order valence-corrected chi connectivity index (χ1v) is 7.68. The molecule has 2 aromatic rings. The minimum Gasteiger partial charge on any atom is -0.399 e. The van der Waals surface area contributed by atoms with Crippen molar-refractivity contribution in [3.05, 3.63) is 54.1 Å². The zero-order valence-electron chi connectivity index (χ0n) is 11.4. The van der Waals surface area contributed by atoms with Crippen molar-refractivity contribution >= 4 is 29.0 Å². The molecule has 0 saturated carbocycles. The summed E-state index contributed by atoms with van der Waals surface area (Å²) in [6, 6.07) is 15.5. The minimum atomic E-state index is 0.0179. The number of nitrogens with one attached hydrogen (secondary N) is 1. The Kier molecular flexibility index (Phi) is 5.07. The van der Waals surface area contributed by atoms with Gasteiger partial charge in [0.1, 0.15) is 0 Å². The van der Waals surface area contributed by atoms with E-state index in [1.54, 1.807) is 11.8 Å². The first-order valence-electron chi connectivity index (χ1n) is 6.46. The fourth-order valence-corrected chi connectivity index (χ4v) is 2.31. The number of hydrogen-bond acceptors (Lipinski definition) is 3. The summed E-state index contributed by atoms with van der Waals surface area (Å²) in [7, 11) is 0. The number of rotatable bonds is 5. The molecule has 0 spiro atoms. The number of benzene rings is 2. The van der Waals surface area contributed by atoms with Crippen LogP contribution in [0.5, 0.6) is 0 Å². The Hall–Kier alpha value is -1.94. The summed E-state index contributed by atoms with van der Waals surface area (Å²) in [5, 5.41) is 2.90. The van der Waals surface area contributed by atoms with Crippen LogP contribution in [0.4, 0.5) is 11.4 Å². The molecule has 0 heterocycles. The highest BCUT2D eigenvalue weighted by molar-refractivity contribution is 7.98. The third-order valence-corrected chi connectivity index (χ3v) is 3.71. The van der Waals surface area contributed by atoms with Gasteiger partial charge in [-0.15, -0.1) is 11.8 Å². The van der Waals surface area contributed by atoms with Gasteiger partial charge in [0.15, 0.2) is 0 Å². The van der Waals surface area contributed by atoms with E-state index in [-0.39, 0.29) is 5.91 Å². The third kappa shape index (κ3) is 4.31. The molecule has 0 aromatic heterocycles. The topological polar surface area (TPSA) is 55.1 Å². The van der Waals surface area contributed by atoms with Gasteiger partial charge in [-0.3, -0.25) is 4.79 Å². The molecule has 3 nitrogen and oxygen atoms in total. The van der Waals surface area contributed by atoms with Gasteiger partial charge in [0.2, 0.25) is 5.91 Å². The summed E-state index contributed by atoms with van der Waals surface area (Å²) in [5.41, 5.74) is 8.36. The number of carbonyl (C=O) groups excluding carboxylic acids is 1. The molecule has 0 radical (unpaired) electrons. The lowest BCUT2D eigenvalue weighted by molar-refractivity contribution is -0.116. The van der Waals surface area contributed by atoms with E-state index in [4.69, 9.17) is 5.73 Å². The summed E-state index contributed by atoms with van der Waals surface area (Å²) in [4.78, 5) is 13.1. The van der Waals surface area contributed by atoms with Gasteiger partial charge in [-0.05, 0) is 54.6 Å². The molecule has 0 atom stereocenters. The largest absolute Gasteiger partial charge is 0.399 e. The van der Waals surface area contributed by atoms with Gasteiger partial charge in [0.25, 0.3) is 0 Å². The van der Waals surface area contributed by atoms with Crippen LogP contribution in [0.25, 0.3) is 0 Å². The van der Waals surface area contributed by atoms with Crippen molar-refractivity contribution in [3.63, 3.8) is 0 Å². The number of thioether (sulfide) groups is 1. The van der Waals surface area contributed by atoms with Gasteiger partial charge in [-0.1, -0.05) is 12.1 Å². The fourth-order valence-electron chi connectivity index (χ4n) is 1.90. The first kappa shape index (κ1) is 14.5. The summed E-state index contributed by atoms with van der Waals surface area (Å²) in [6.45, 7) is 0. The normalized spacial score (nSPS) is 10.2. The van der Waals surface area contributed by atoms with Crippen LogP contribution in [0.1, 0.15) is 12.0 Å². The van der Waals surface area contributed by atoms with Crippen molar-refractivity contribution in [1.29, 1.82) is 0 Å². The van der Waals surface area contributed by atoms with Crippen LogP contribution in [0.3, 0.4) is 0 Å². The highest BCUT2D eigenvalue weighted by Gasteiger charge is 2.03. The van der Waals surface area contributed by atoms with E-state index >= 15 is 0 Å². The Balaban J connectivity index is 1.85. The molecule has 0 aliphatic carbocycles. The molecule has 2 aromatic carbocycles. The van der Waals surface area contributed by atoms with Gasteiger partial charge < -0.3 is 11.1 Å². The Morgan fingerprint density at radius 3 is 2.60 bits per heavy atom. The molecule has 0 aliphatic rings. The second kappa shape index (κ2) is 7.01. The highest BCUT2D eigenvalue weighted by atomic mass is 32.2. The molecule has 0 aliphatic heterocycles. The molecule has 0 fully saturated rings. The van der Waals surface area contributed by atoms with Crippen LogP contribution in [0.15, 0.2) is 53.4 Å². The summed E-state index contributed by atoms with van der Waals surface area (Å²) in [5.74, 6) is 0.0179. The van der Waals surface area contributed by atoms with Crippen LogP contribution in [0.2, 0.25) is 0 Å². The van der Waals surface area contributed by atoms with Crippen molar-refractivity contribution in [2.75, 3.05) is 17.3 Å². The molecule has 1 amide bonds. The first-order chi connectivity index (χ1) is 9.67. The zero-order valence-corrected chi connectivity index (χ0v) is 12.2. The van der Waals surface area contributed by atoms with Gasteiger partial charge in [-0.25, -0.2) is 0 Å². The number of carbonyl (C=O) groups is 1. The number of anilines is 2. The lowest BCUT2D eigenvalue weighted by atomic mass is 10.1. The summed E-state index contributed by atoms with van der Waals surface area (Å²) in [6.07, 6.45) is 3.17. The van der Waals surface area contributed by atoms with E-state index in [2.05, 4.69) is 5.32 Å². The van der Waals surface area contributed by atoms with Crippen LogP contribution in [-0.2, 0) is 11.2 Å². The van der Waals surface area contributed by atoms with Crippen molar-refractivity contribution in [2.24, 2.45) is 0 Å². The molecule has 104 valence electrons. The zero-order chi connectivity index (χ0) is 14.4. The van der Waals surface area contributed by atoms with Crippen LogP contribution in [-0.4, -0.2) is 12.2 Å². The van der Waals surface area contributed by atoms with Crippen molar-refractivity contribution in [3.8, 4) is 0 Å². The SMILES string of the molecule is CSc1ccc(NC(=O)CCc2cccc(N)c2)cc1. The van der Waals surface area contributed by atoms with E-state index in [9.17, 15) is 4.79 Å². The summed E-state index contributed by atoms with van der Waals surface area (Å²) < 4.78 is 0. The molecular weight excluding hydrogens is 268 g/mol. The molecule has 4 heteroatoms. The highest BCUT2D eigenvalue weighted by Crippen LogP contribution is 2.17. The standard InChI is InChI=1S/C16H18N2OS/c1-20-15-8-6-14(7-9-15)18-16(19)10-5-12-3-2-4-13(17)11-12/h2-4,6-9,11H,5,10,17H2,1H3,(H,18,19). The van der Waals surface area contributed by atoms with Crippen LogP contribution < -0.4 is 11.1 Å². The van der Waals surface area contributed by atoms with E-state index < -0.39 is 0 Å². The smallest absolute Gasteiger partial charge is 0.224 e. The molecule has 2 rings (SSSR count). The van der Waals surface area contributed by atoms with Gasteiger partial charge >= 0.3 is 0 Å². The van der Waals surface area contributed by atoms with Crippen LogP contribution in [0, 0.1) is 0 Å². The Bertz CT molecular complexity index is 581. The van der Waals surface area contributed by atoms with E-state index in [1.165, 1.54) is 4.90 Å². The minimum absolute atomic E-state index is 0.0179. The van der Waals surface area contributed by atoms with Crippen molar-refractivity contribution in [1.82, 2.24) is 0 Å². The number of nitrogens with two attached hydrogens (primary N) is 1. The van der Waals surface area contributed by atoms with Gasteiger partial charge in [-0.2, -0.15) is 0 Å². The number of hydrogen-bond donors (Lipinski definition) is 2. The second-order valence-corrected chi connectivity index (χ2v) is 5.40. The fraction of sp³-hybridized carbons (Fsp3) is 0.188. The maximum atomic E-state index is 11.9. The Morgan fingerprint density at radius 1 is 1.20 bits per heavy atom. The van der Waals surface area contributed by atoms with E-state index in [0.717, 1.165) is 16.9 Å².